The van der Waals surface area contributed by atoms with E-state index in [9.17, 15) is 4.79 Å². The first-order valence-electron chi connectivity index (χ1n) is 11.4. The lowest BCUT2D eigenvalue weighted by Crippen LogP contribution is -2.38. The molecular weight excluding hydrogens is 525 g/mol. The number of halogens is 1. The van der Waals surface area contributed by atoms with E-state index >= 15 is 0 Å². The highest BCUT2D eigenvalue weighted by Crippen LogP contribution is 2.22. The molecule has 0 aliphatic carbocycles. The lowest BCUT2D eigenvalue weighted by atomic mass is 10.1. The number of carbonyl (C=O) groups excluding carboxylic acids is 1. The lowest BCUT2D eigenvalue weighted by Gasteiger charge is -2.13. The summed E-state index contributed by atoms with van der Waals surface area (Å²) in [5.41, 5.74) is 5.75. The Morgan fingerprint density at radius 1 is 1.03 bits per heavy atom. The molecule has 178 valence electrons. The molecule has 6 nitrogen and oxygen atoms in total. The van der Waals surface area contributed by atoms with Crippen molar-refractivity contribution in [1.29, 1.82) is 0 Å². The molecule has 0 spiro atoms. The number of amides is 1. The van der Waals surface area contributed by atoms with Gasteiger partial charge in [-0.25, -0.2) is 0 Å². The number of guanidine groups is 1. The van der Waals surface area contributed by atoms with Crippen LogP contribution >= 0.6 is 24.0 Å². The predicted octanol–water partition coefficient (Wildman–Crippen LogP) is 4.39. The van der Waals surface area contributed by atoms with E-state index in [0.717, 1.165) is 49.4 Å². The molecule has 0 aliphatic rings. The zero-order chi connectivity index (χ0) is 22.9. The number of rotatable bonds is 9. The minimum absolute atomic E-state index is 0. The monoisotopic (exact) mass is 561 g/mol. The molecule has 0 atom stereocenters. The van der Waals surface area contributed by atoms with Crippen LogP contribution in [-0.4, -0.2) is 55.5 Å². The number of para-hydroxylation sites is 1. The Balaban J connectivity index is 0.00000385. The highest BCUT2D eigenvalue weighted by atomic mass is 127. The van der Waals surface area contributed by atoms with Crippen molar-refractivity contribution in [3.05, 3.63) is 70.9 Å². The molecule has 7 heteroatoms. The van der Waals surface area contributed by atoms with Crippen molar-refractivity contribution < 1.29 is 4.79 Å². The zero-order valence-electron chi connectivity index (χ0n) is 20.1. The van der Waals surface area contributed by atoms with Gasteiger partial charge in [0.1, 0.15) is 0 Å². The average Bonchev–Trinajstić information content (AvgIpc) is 3.22. The van der Waals surface area contributed by atoms with Gasteiger partial charge < -0.3 is 20.5 Å². The van der Waals surface area contributed by atoms with E-state index in [-0.39, 0.29) is 29.9 Å². The SMILES string of the molecule is CCNC(=NCCc1c[nH]c2c(CC)cccc12)NCCc1cccc(C(=O)N(C)C)c1.I. The average molecular weight is 562 g/mol. The van der Waals surface area contributed by atoms with Crippen LogP contribution in [0.5, 0.6) is 0 Å². The molecule has 1 aromatic heterocycles. The molecule has 3 N–H and O–H groups in total. The molecule has 1 heterocycles. The second-order valence-electron chi connectivity index (χ2n) is 8.09. The van der Waals surface area contributed by atoms with Crippen molar-refractivity contribution in [3.8, 4) is 0 Å². The molecule has 0 bridgehead atoms. The van der Waals surface area contributed by atoms with Crippen molar-refractivity contribution in [2.75, 3.05) is 33.7 Å². The molecule has 0 saturated carbocycles. The minimum atomic E-state index is 0. The van der Waals surface area contributed by atoms with Gasteiger partial charge in [0, 0.05) is 56.4 Å². The number of aromatic amines is 1. The van der Waals surface area contributed by atoms with Crippen LogP contribution in [0, 0.1) is 0 Å². The second-order valence-corrected chi connectivity index (χ2v) is 8.09. The first kappa shape index (κ1) is 26.7. The van der Waals surface area contributed by atoms with Crippen LogP contribution in [0.25, 0.3) is 10.9 Å². The molecule has 0 fully saturated rings. The Labute approximate surface area is 214 Å². The number of H-pyrrole nitrogens is 1. The van der Waals surface area contributed by atoms with Gasteiger partial charge in [0.05, 0.1) is 0 Å². The smallest absolute Gasteiger partial charge is 0.253 e. The van der Waals surface area contributed by atoms with E-state index < -0.39 is 0 Å². The molecule has 0 aliphatic heterocycles. The van der Waals surface area contributed by atoms with Crippen LogP contribution in [0.3, 0.4) is 0 Å². The fourth-order valence-electron chi connectivity index (χ4n) is 3.85. The number of hydrogen-bond acceptors (Lipinski definition) is 2. The third-order valence-electron chi connectivity index (χ3n) is 5.55. The van der Waals surface area contributed by atoms with Crippen molar-refractivity contribution in [2.24, 2.45) is 4.99 Å². The van der Waals surface area contributed by atoms with Crippen LogP contribution in [0.15, 0.2) is 53.7 Å². The number of benzene rings is 2. The first-order chi connectivity index (χ1) is 15.5. The summed E-state index contributed by atoms with van der Waals surface area (Å²) in [6.07, 6.45) is 4.84. The topological polar surface area (TPSA) is 72.5 Å². The Hall–Kier alpha value is -2.55. The maximum absolute atomic E-state index is 12.2. The summed E-state index contributed by atoms with van der Waals surface area (Å²) < 4.78 is 0. The van der Waals surface area contributed by atoms with Crippen LogP contribution < -0.4 is 10.6 Å². The van der Waals surface area contributed by atoms with Gasteiger partial charge in [-0.1, -0.05) is 37.3 Å². The summed E-state index contributed by atoms with van der Waals surface area (Å²) in [7, 11) is 3.55. The second kappa shape index (κ2) is 13.2. The van der Waals surface area contributed by atoms with E-state index in [1.54, 1.807) is 19.0 Å². The van der Waals surface area contributed by atoms with E-state index in [1.165, 1.54) is 22.0 Å². The van der Waals surface area contributed by atoms with Crippen LogP contribution in [-0.2, 0) is 19.3 Å². The fraction of sp³-hybridized carbons (Fsp3) is 0.385. The maximum Gasteiger partial charge on any atom is 0.253 e. The van der Waals surface area contributed by atoms with Crippen LogP contribution in [0.2, 0.25) is 0 Å². The van der Waals surface area contributed by atoms with Crippen molar-refractivity contribution in [3.63, 3.8) is 0 Å². The molecule has 3 rings (SSSR count). The van der Waals surface area contributed by atoms with Crippen LogP contribution in [0.4, 0.5) is 0 Å². The molecule has 1 amide bonds. The van der Waals surface area contributed by atoms with Gasteiger partial charge in [-0.15, -0.1) is 24.0 Å². The van der Waals surface area contributed by atoms with Crippen molar-refractivity contribution >= 4 is 46.7 Å². The van der Waals surface area contributed by atoms with Gasteiger partial charge in [-0.2, -0.15) is 0 Å². The third-order valence-corrected chi connectivity index (χ3v) is 5.55. The molecule has 0 unspecified atom stereocenters. The normalized spacial score (nSPS) is 11.2. The molecule has 0 radical (unpaired) electrons. The van der Waals surface area contributed by atoms with E-state index in [1.807, 2.05) is 18.2 Å². The Morgan fingerprint density at radius 3 is 2.55 bits per heavy atom. The summed E-state index contributed by atoms with van der Waals surface area (Å²) in [5, 5.41) is 8.03. The van der Waals surface area contributed by atoms with E-state index in [2.05, 4.69) is 59.9 Å². The van der Waals surface area contributed by atoms with E-state index in [4.69, 9.17) is 4.99 Å². The highest BCUT2D eigenvalue weighted by Gasteiger charge is 2.09. The predicted molar refractivity (Wildman–Crippen MR) is 149 cm³/mol. The number of fused-ring (bicyclic) bond motifs is 1. The summed E-state index contributed by atoms with van der Waals surface area (Å²) >= 11 is 0. The number of carbonyl (C=O) groups is 1. The fourth-order valence-corrected chi connectivity index (χ4v) is 3.85. The Morgan fingerprint density at radius 2 is 1.82 bits per heavy atom. The number of aryl methyl sites for hydroxylation is 1. The Bertz CT molecular complexity index is 1070. The minimum Gasteiger partial charge on any atom is -0.361 e. The van der Waals surface area contributed by atoms with Gasteiger partial charge in [0.25, 0.3) is 5.91 Å². The summed E-state index contributed by atoms with van der Waals surface area (Å²) in [4.78, 5) is 22.0. The van der Waals surface area contributed by atoms with E-state index in [0.29, 0.717) is 6.54 Å². The van der Waals surface area contributed by atoms with Crippen molar-refractivity contribution in [1.82, 2.24) is 20.5 Å². The van der Waals surface area contributed by atoms with Crippen LogP contribution in [0.1, 0.15) is 40.9 Å². The van der Waals surface area contributed by atoms with Gasteiger partial charge in [-0.3, -0.25) is 9.79 Å². The number of aromatic nitrogens is 1. The van der Waals surface area contributed by atoms with Gasteiger partial charge in [0.2, 0.25) is 0 Å². The van der Waals surface area contributed by atoms with Gasteiger partial charge in [0.15, 0.2) is 5.96 Å². The summed E-state index contributed by atoms with van der Waals surface area (Å²) in [6, 6.07) is 14.3. The number of hydrogen-bond donors (Lipinski definition) is 3. The number of aliphatic imine (C=N–C) groups is 1. The summed E-state index contributed by atoms with van der Waals surface area (Å²) in [6.45, 7) is 6.53. The Kier molecular flexibility index (Phi) is 10.7. The molecule has 0 saturated heterocycles. The number of nitrogens with zero attached hydrogens (tertiary/aromatic N) is 2. The summed E-state index contributed by atoms with van der Waals surface area (Å²) in [5.74, 6) is 0.847. The molecular formula is C26H36IN5O. The first-order valence-corrected chi connectivity index (χ1v) is 11.4. The van der Waals surface area contributed by atoms with Gasteiger partial charge in [-0.05, 0) is 55.0 Å². The zero-order valence-corrected chi connectivity index (χ0v) is 22.4. The maximum atomic E-state index is 12.2. The lowest BCUT2D eigenvalue weighted by molar-refractivity contribution is 0.0827. The molecule has 2 aromatic carbocycles. The van der Waals surface area contributed by atoms with Gasteiger partial charge >= 0.3 is 0 Å². The largest absolute Gasteiger partial charge is 0.361 e. The highest BCUT2D eigenvalue weighted by molar-refractivity contribution is 14.0. The number of nitrogens with one attached hydrogen (secondary N) is 3. The third kappa shape index (κ3) is 7.22. The molecule has 33 heavy (non-hydrogen) atoms. The standard InChI is InChI=1S/C26H35N5O.HI/c1-5-20-10-8-12-23-22(18-30-24(20)23)14-16-29-26(27-6-2)28-15-13-19-9-7-11-21(17-19)25(32)31(3)4;/h7-12,17-18,30H,5-6,13-16H2,1-4H3,(H2,27,28,29);1H. The quantitative estimate of drug-likeness (QED) is 0.206. The van der Waals surface area contributed by atoms with Crippen molar-refractivity contribution in [2.45, 2.75) is 33.1 Å². The molecule has 3 aromatic rings.